The number of amides is 1. The van der Waals surface area contributed by atoms with Crippen LogP contribution in [-0.2, 0) is 7.05 Å². The smallest absolute Gasteiger partial charge is 0.337 e. The highest BCUT2D eigenvalue weighted by molar-refractivity contribution is 6.06. The number of carboxylic acids is 1. The Hall–Kier alpha value is -2.70. The molecule has 0 fully saturated rings. The van der Waals surface area contributed by atoms with Crippen molar-refractivity contribution in [3.63, 3.8) is 0 Å². The first-order chi connectivity index (χ1) is 9.00. The fourth-order valence-corrected chi connectivity index (χ4v) is 1.58. The number of nitrogens with one attached hydrogen (secondary N) is 1. The highest BCUT2D eigenvalue weighted by atomic mass is 19.1. The minimum Gasteiger partial charge on any atom is -0.478 e. The van der Waals surface area contributed by atoms with E-state index in [-0.39, 0.29) is 17.1 Å². The van der Waals surface area contributed by atoms with Crippen LogP contribution in [0.15, 0.2) is 30.6 Å². The Bertz CT molecular complexity index is 651. The van der Waals surface area contributed by atoms with E-state index in [1.54, 1.807) is 13.2 Å². The summed E-state index contributed by atoms with van der Waals surface area (Å²) in [5.41, 5.74) is -0.689. The molecule has 1 heterocycles. The lowest BCUT2D eigenvalue weighted by Gasteiger charge is -2.09. The molecule has 0 saturated carbocycles. The summed E-state index contributed by atoms with van der Waals surface area (Å²) < 4.78 is 15.0. The number of hydrogen-bond acceptors (Lipinski definition) is 3. The molecule has 1 amide bonds. The quantitative estimate of drug-likeness (QED) is 0.879. The molecular formula is C12H10FN3O3. The average molecular weight is 263 g/mol. The van der Waals surface area contributed by atoms with Gasteiger partial charge in [-0.1, -0.05) is 6.07 Å². The van der Waals surface area contributed by atoms with Crippen LogP contribution in [0.3, 0.4) is 0 Å². The summed E-state index contributed by atoms with van der Waals surface area (Å²) >= 11 is 0. The predicted octanol–water partition coefficient (Wildman–Crippen LogP) is 1.51. The van der Waals surface area contributed by atoms with E-state index in [1.807, 2.05) is 0 Å². The molecule has 0 aliphatic rings. The van der Waals surface area contributed by atoms with E-state index in [0.29, 0.717) is 0 Å². The second kappa shape index (κ2) is 4.89. The molecule has 2 N–H and O–H groups in total. The summed E-state index contributed by atoms with van der Waals surface area (Å²) in [6.45, 7) is 0. The van der Waals surface area contributed by atoms with Crippen LogP contribution in [0.25, 0.3) is 0 Å². The molecule has 2 aromatic rings. The third-order valence-electron chi connectivity index (χ3n) is 2.51. The van der Waals surface area contributed by atoms with Crippen molar-refractivity contribution in [2.75, 3.05) is 5.32 Å². The number of benzene rings is 1. The summed E-state index contributed by atoms with van der Waals surface area (Å²) in [5.74, 6) is -2.77. The summed E-state index contributed by atoms with van der Waals surface area (Å²) in [6.07, 6.45) is 2.96. The Morgan fingerprint density at radius 3 is 2.74 bits per heavy atom. The zero-order chi connectivity index (χ0) is 14.0. The van der Waals surface area contributed by atoms with Crippen LogP contribution in [0.1, 0.15) is 21.0 Å². The standard InChI is InChI=1S/C12H10FN3O3/c1-16-6-5-14-10(16)11(17)15-9-7(12(18)19)3-2-4-8(9)13/h2-6H,1H3,(H,15,17)(H,18,19). The van der Waals surface area contributed by atoms with Gasteiger partial charge in [-0.3, -0.25) is 4.79 Å². The molecule has 0 spiro atoms. The number of imidazole rings is 1. The van der Waals surface area contributed by atoms with Gasteiger partial charge in [-0.15, -0.1) is 0 Å². The van der Waals surface area contributed by atoms with Gasteiger partial charge in [0.2, 0.25) is 0 Å². The van der Waals surface area contributed by atoms with Crippen LogP contribution in [-0.4, -0.2) is 26.5 Å². The molecule has 0 aliphatic heterocycles. The fraction of sp³-hybridized carbons (Fsp3) is 0.0833. The number of halogens is 1. The first-order valence-electron chi connectivity index (χ1n) is 5.31. The number of aromatic nitrogens is 2. The van der Waals surface area contributed by atoms with Gasteiger partial charge < -0.3 is 15.0 Å². The molecule has 19 heavy (non-hydrogen) atoms. The third kappa shape index (κ3) is 2.44. The van der Waals surface area contributed by atoms with Crippen LogP contribution in [0.4, 0.5) is 10.1 Å². The number of hydrogen-bond donors (Lipinski definition) is 2. The van der Waals surface area contributed by atoms with E-state index in [1.165, 1.54) is 22.9 Å². The van der Waals surface area contributed by atoms with E-state index in [0.717, 1.165) is 6.07 Å². The zero-order valence-corrected chi connectivity index (χ0v) is 9.92. The molecular weight excluding hydrogens is 253 g/mol. The number of carboxylic acid groups (broad SMARTS) is 1. The molecule has 1 aromatic heterocycles. The van der Waals surface area contributed by atoms with Crippen molar-refractivity contribution in [2.45, 2.75) is 0 Å². The van der Waals surface area contributed by atoms with Crippen molar-refractivity contribution in [3.8, 4) is 0 Å². The van der Waals surface area contributed by atoms with Crippen molar-refractivity contribution in [1.82, 2.24) is 9.55 Å². The lowest BCUT2D eigenvalue weighted by atomic mass is 10.1. The van der Waals surface area contributed by atoms with Crippen LogP contribution in [0, 0.1) is 5.82 Å². The number of aromatic carboxylic acids is 1. The molecule has 6 nitrogen and oxygen atoms in total. The maximum absolute atomic E-state index is 13.6. The highest BCUT2D eigenvalue weighted by Crippen LogP contribution is 2.20. The Kier molecular flexibility index (Phi) is 3.28. The van der Waals surface area contributed by atoms with Crippen molar-refractivity contribution in [2.24, 2.45) is 7.05 Å². The van der Waals surface area contributed by atoms with Crippen LogP contribution >= 0.6 is 0 Å². The molecule has 0 aliphatic carbocycles. The summed E-state index contributed by atoms with van der Waals surface area (Å²) in [7, 11) is 1.60. The van der Waals surface area contributed by atoms with Gasteiger partial charge in [-0.05, 0) is 12.1 Å². The molecule has 1 aromatic carbocycles. The van der Waals surface area contributed by atoms with Crippen LogP contribution in [0.2, 0.25) is 0 Å². The number of nitrogens with zero attached hydrogens (tertiary/aromatic N) is 2. The van der Waals surface area contributed by atoms with Gasteiger partial charge in [0.05, 0.1) is 11.3 Å². The minimum absolute atomic E-state index is 0.0552. The molecule has 0 atom stereocenters. The molecule has 2 rings (SSSR count). The number of carbonyl (C=O) groups excluding carboxylic acids is 1. The van der Waals surface area contributed by atoms with E-state index in [4.69, 9.17) is 5.11 Å². The van der Waals surface area contributed by atoms with E-state index >= 15 is 0 Å². The second-order valence-corrected chi connectivity index (χ2v) is 3.78. The predicted molar refractivity (Wildman–Crippen MR) is 64.5 cm³/mol. The SMILES string of the molecule is Cn1ccnc1C(=O)Nc1c(F)cccc1C(=O)O. The van der Waals surface area contributed by atoms with Crippen molar-refractivity contribution in [3.05, 3.63) is 47.8 Å². The molecule has 0 saturated heterocycles. The number of anilines is 1. The lowest BCUT2D eigenvalue weighted by molar-refractivity contribution is 0.0697. The van der Waals surface area contributed by atoms with Gasteiger partial charge in [-0.2, -0.15) is 0 Å². The Morgan fingerprint density at radius 1 is 1.42 bits per heavy atom. The zero-order valence-electron chi connectivity index (χ0n) is 9.92. The van der Waals surface area contributed by atoms with Crippen molar-refractivity contribution in [1.29, 1.82) is 0 Å². The molecule has 7 heteroatoms. The van der Waals surface area contributed by atoms with Gasteiger partial charge >= 0.3 is 5.97 Å². The lowest BCUT2D eigenvalue weighted by Crippen LogP contribution is -2.19. The topological polar surface area (TPSA) is 84.2 Å². The maximum atomic E-state index is 13.6. The largest absolute Gasteiger partial charge is 0.478 e. The normalized spacial score (nSPS) is 10.2. The van der Waals surface area contributed by atoms with E-state index in [2.05, 4.69) is 10.3 Å². The molecule has 0 bridgehead atoms. The van der Waals surface area contributed by atoms with E-state index < -0.39 is 17.7 Å². The number of carbonyl (C=O) groups is 2. The third-order valence-corrected chi connectivity index (χ3v) is 2.51. The van der Waals surface area contributed by atoms with Crippen molar-refractivity contribution >= 4 is 17.6 Å². The highest BCUT2D eigenvalue weighted by Gasteiger charge is 2.19. The Morgan fingerprint density at radius 2 is 2.16 bits per heavy atom. The summed E-state index contributed by atoms with van der Waals surface area (Å²) in [5, 5.41) is 11.2. The van der Waals surface area contributed by atoms with Gasteiger partial charge in [0.1, 0.15) is 5.82 Å². The minimum atomic E-state index is -1.32. The number of rotatable bonds is 3. The Balaban J connectivity index is 2.36. The monoisotopic (exact) mass is 263 g/mol. The van der Waals surface area contributed by atoms with Gasteiger partial charge in [0.15, 0.2) is 5.82 Å². The van der Waals surface area contributed by atoms with Crippen LogP contribution in [0.5, 0.6) is 0 Å². The van der Waals surface area contributed by atoms with Gasteiger partial charge in [-0.25, -0.2) is 14.2 Å². The second-order valence-electron chi connectivity index (χ2n) is 3.78. The first-order valence-corrected chi connectivity index (χ1v) is 5.31. The van der Waals surface area contributed by atoms with Crippen LogP contribution < -0.4 is 5.32 Å². The number of para-hydroxylation sites is 1. The molecule has 0 unspecified atom stereocenters. The van der Waals surface area contributed by atoms with Gasteiger partial charge in [0, 0.05) is 19.4 Å². The van der Waals surface area contributed by atoms with Gasteiger partial charge in [0.25, 0.3) is 5.91 Å². The Labute approximate surface area is 107 Å². The maximum Gasteiger partial charge on any atom is 0.337 e. The molecule has 0 radical (unpaired) electrons. The molecule has 98 valence electrons. The average Bonchev–Trinajstić information content (AvgIpc) is 2.77. The number of aryl methyl sites for hydroxylation is 1. The summed E-state index contributed by atoms with van der Waals surface area (Å²) in [4.78, 5) is 26.6. The fourth-order valence-electron chi connectivity index (χ4n) is 1.58. The first kappa shape index (κ1) is 12.7. The van der Waals surface area contributed by atoms with Crippen molar-refractivity contribution < 1.29 is 19.1 Å². The van der Waals surface area contributed by atoms with E-state index in [9.17, 15) is 14.0 Å². The summed E-state index contributed by atoms with van der Waals surface area (Å²) in [6, 6.07) is 3.54.